The summed E-state index contributed by atoms with van der Waals surface area (Å²) in [5.74, 6) is 0. The highest BCUT2D eigenvalue weighted by Crippen LogP contribution is 2.22. The third kappa shape index (κ3) is 4.13. The molecule has 0 amide bonds. The summed E-state index contributed by atoms with van der Waals surface area (Å²) in [6, 6.07) is 0. The zero-order valence-corrected chi connectivity index (χ0v) is 11.8. The van der Waals surface area contributed by atoms with Crippen LogP contribution in [0.3, 0.4) is 0 Å². The van der Waals surface area contributed by atoms with E-state index in [0.717, 1.165) is 65.7 Å². The molecular weight excluding hydrogens is 244 g/mol. The van der Waals surface area contributed by atoms with Crippen molar-refractivity contribution < 1.29 is 14.2 Å². The summed E-state index contributed by atoms with van der Waals surface area (Å²) in [6.45, 7) is 9.94. The molecule has 0 saturated carbocycles. The maximum absolute atomic E-state index is 6.20. The lowest BCUT2D eigenvalue weighted by Gasteiger charge is -2.30. The Morgan fingerprint density at radius 1 is 0.684 bits per heavy atom. The molecule has 2 atom stereocenters. The molecule has 5 nitrogen and oxygen atoms in total. The minimum Gasteiger partial charge on any atom is -0.379 e. The van der Waals surface area contributed by atoms with Gasteiger partial charge in [0.25, 0.3) is 0 Å². The Kier molecular flexibility index (Phi) is 5.07. The van der Waals surface area contributed by atoms with Gasteiger partial charge in [0, 0.05) is 39.3 Å². The quantitative estimate of drug-likeness (QED) is 0.729. The zero-order chi connectivity index (χ0) is 12.9. The molecule has 3 heterocycles. The predicted molar refractivity (Wildman–Crippen MR) is 72.4 cm³/mol. The van der Waals surface area contributed by atoms with Crippen molar-refractivity contribution in [2.24, 2.45) is 0 Å². The van der Waals surface area contributed by atoms with Crippen molar-refractivity contribution in [1.82, 2.24) is 9.80 Å². The Morgan fingerprint density at radius 2 is 1.11 bits per heavy atom. The summed E-state index contributed by atoms with van der Waals surface area (Å²) in [5, 5.41) is 0. The molecule has 0 aliphatic carbocycles. The fraction of sp³-hybridized carbons (Fsp3) is 1.00. The number of morpholine rings is 2. The van der Waals surface area contributed by atoms with Crippen LogP contribution < -0.4 is 0 Å². The summed E-state index contributed by atoms with van der Waals surface area (Å²) < 4.78 is 17.0. The summed E-state index contributed by atoms with van der Waals surface area (Å²) >= 11 is 0. The summed E-state index contributed by atoms with van der Waals surface area (Å²) in [5.41, 5.74) is 0. The molecule has 5 heteroatoms. The van der Waals surface area contributed by atoms with Crippen molar-refractivity contribution in [3.8, 4) is 0 Å². The van der Waals surface area contributed by atoms with Crippen molar-refractivity contribution in [2.75, 3.05) is 65.7 Å². The van der Waals surface area contributed by atoms with E-state index >= 15 is 0 Å². The van der Waals surface area contributed by atoms with Gasteiger partial charge in [-0.15, -0.1) is 0 Å². The molecule has 0 radical (unpaired) electrons. The van der Waals surface area contributed by atoms with Crippen molar-refractivity contribution in [2.45, 2.75) is 25.0 Å². The fourth-order valence-corrected chi connectivity index (χ4v) is 3.19. The van der Waals surface area contributed by atoms with Crippen LogP contribution in [-0.4, -0.2) is 87.7 Å². The Bertz CT molecular complexity index is 239. The van der Waals surface area contributed by atoms with E-state index in [0.29, 0.717) is 12.2 Å². The van der Waals surface area contributed by atoms with Gasteiger partial charge in [-0.25, -0.2) is 0 Å². The number of hydrogen-bond donors (Lipinski definition) is 0. The minimum absolute atomic E-state index is 0.434. The molecule has 19 heavy (non-hydrogen) atoms. The van der Waals surface area contributed by atoms with Crippen LogP contribution in [0.5, 0.6) is 0 Å². The van der Waals surface area contributed by atoms with Crippen LogP contribution in [-0.2, 0) is 14.2 Å². The molecule has 3 aliphatic heterocycles. The number of nitrogens with zero attached hydrogens (tertiary/aromatic N) is 2. The van der Waals surface area contributed by atoms with E-state index in [1.165, 1.54) is 12.8 Å². The highest BCUT2D eigenvalue weighted by atomic mass is 16.5. The average molecular weight is 270 g/mol. The maximum Gasteiger partial charge on any atom is 0.0707 e. The monoisotopic (exact) mass is 270 g/mol. The zero-order valence-electron chi connectivity index (χ0n) is 11.8. The van der Waals surface area contributed by atoms with Gasteiger partial charge >= 0.3 is 0 Å². The molecule has 0 bridgehead atoms. The van der Waals surface area contributed by atoms with Crippen LogP contribution in [0.2, 0.25) is 0 Å². The minimum atomic E-state index is 0.434. The van der Waals surface area contributed by atoms with E-state index in [-0.39, 0.29) is 0 Å². The Balaban J connectivity index is 1.37. The SMILES string of the molecule is C1CN(CC2CCC(CN3CCOCC3)O2)CCO1. The van der Waals surface area contributed by atoms with E-state index in [1.807, 2.05) is 0 Å². The van der Waals surface area contributed by atoms with Crippen molar-refractivity contribution in [1.29, 1.82) is 0 Å². The summed E-state index contributed by atoms with van der Waals surface area (Å²) in [4.78, 5) is 4.95. The first-order valence-electron chi connectivity index (χ1n) is 7.66. The van der Waals surface area contributed by atoms with E-state index in [4.69, 9.17) is 14.2 Å². The lowest BCUT2D eigenvalue weighted by Crippen LogP contribution is -2.42. The third-order valence-electron chi connectivity index (χ3n) is 4.33. The first kappa shape index (κ1) is 13.8. The predicted octanol–water partition coefficient (Wildman–Crippen LogP) is 0.198. The van der Waals surface area contributed by atoms with Crippen LogP contribution in [0.25, 0.3) is 0 Å². The fourth-order valence-electron chi connectivity index (χ4n) is 3.19. The first-order chi connectivity index (χ1) is 9.40. The molecule has 0 N–H and O–H groups in total. The van der Waals surface area contributed by atoms with Gasteiger partial charge in [0.05, 0.1) is 38.6 Å². The maximum atomic E-state index is 6.20. The molecule has 3 aliphatic rings. The van der Waals surface area contributed by atoms with E-state index in [9.17, 15) is 0 Å². The number of rotatable bonds is 4. The van der Waals surface area contributed by atoms with Gasteiger partial charge in [-0.3, -0.25) is 9.80 Å². The molecule has 3 fully saturated rings. The van der Waals surface area contributed by atoms with Crippen LogP contribution in [0.1, 0.15) is 12.8 Å². The highest BCUT2D eigenvalue weighted by Gasteiger charge is 2.29. The summed E-state index contributed by atoms with van der Waals surface area (Å²) in [7, 11) is 0. The van der Waals surface area contributed by atoms with E-state index < -0.39 is 0 Å². The highest BCUT2D eigenvalue weighted by molar-refractivity contribution is 4.80. The van der Waals surface area contributed by atoms with Gasteiger partial charge in [0.15, 0.2) is 0 Å². The lowest BCUT2D eigenvalue weighted by atomic mass is 10.1. The molecule has 0 spiro atoms. The van der Waals surface area contributed by atoms with Gasteiger partial charge in [-0.1, -0.05) is 0 Å². The second-order valence-corrected chi connectivity index (χ2v) is 5.78. The molecule has 110 valence electrons. The normalized spacial score (nSPS) is 34.7. The van der Waals surface area contributed by atoms with Gasteiger partial charge in [0.2, 0.25) is 0 Å². The molecule has 0 aromatic heterocycles. The lowest BCUT2D eigenvalue weighted by molar-refractivity contribution is -0.0311. The Hall–Kier alpha value is -0.200. The van der Waals surface area contributed by atoms with Crippen LogP contribution in [0, 0.1) is 0 Å². The van der Waals surface area contributed by atoms with Crippen LogP contribution in [0.4, 0.5) is 0 Å². The summed E-state index contributed by atoms with van der Waals surface area (Å²) in [6.07, 6.45) is 3.30. The Morgan fingerprint density at radius 3 is 1.53 bits per heavy atom. The molecule has 0 aromatic carbocycles. The Labute approximate surface area is 115 Å². The number of hydrogen-bond acceptors (Lipinski definition) is 5. The van der Waals surface area contributed by atoms with Crippen molar-refractivity contribution in [3.05, 3.63) is 0 Å². The molecule has 2 unspecified atom stereocenters. The van der Waals surface area contributed by atoms with Gasteiger partial charge in [-0.2, -0.15) is 0 Å². The smallest absolute Gasteiger partial charge is 0.0707 e. The standard InChI is InChI=1S/C14H26N2O3/c1-2-14(12-16-5-9-18-10-6-16)19-13(1)11-15-3-7-17-8-4-15/h13-14H,1-12H2. The van der Waals surface area contributed by atoms with Crippen molar-refractivity contribution in [3.63, 3.8) is 0 Å². The van der Waals surface area contributed by atoms with Gasteiger partial charge < -0.3 is 14.2 Å². The van der Waals surface area contributed by atoms with E-state index in [1.54, 1.807) is 0 Å². The molecule has 0 aromatic rings. The van der Waals surface area contributed by atoms with Crippen LogP contribution in [0.15, 0.2) is 0 Å². The third-order valence-corrected chi connectivity index (χ3v) is 4.33. The molecule has 3 rings (SSSR count). The van der Waals surface area contributed by atoms with Crippen molar-refractivity contribution >= 4 is 0 Å². The van der Waals surface area contributed by atoms with Gasteiger partial charge in [-0.05, 0) is 12.8 Å². The second-order valence-electron chi connectivity index (χ2n) is 5.78. The second kappa shape index (κ2) is 6.99. The largest absolute Gasteiger partial charge is 0.379 e. The molecule has 3 saturated heterocycles. The van der Waals surface area contributed by atoms with Crippen LogP contribution >= 0.6 is 0 Å². The van der Waals surface area contributed by atoms with E-state index in [2.05, 4.69) is 9.80 Å². The van der Waals surface area contributed by atoms with Gasteiger partial charge in [0.1, 0.15) is 0 Å². The first-order valence-corrected chi connectivity index (χ1v) is 7.66. The number of ether oxygens (including phenoxy) is 3. The molecular formula is C14H26N2O3. The topological polar surface area (TPSA) is 34.2 Å². The average Bonchev–Trinajstić information content (AvgIpc) is 2.88.